The fourth-order valence-corrected chi connectivity index (χ4v) is 2.89. The first-order chi connectivity index (χ1) is 12.1. The summed E-state index contributed by atoms with van der Waals surface area (Å²) in [4.78, 5) is 27.4. The molecule has 1 atom stereocenters. The number of pyridine rings is 1. The number of carbonyl (C=O) groups excluding carboxylic acids is 1. The number of benzene rings is 2. The Labute approximate surface area is 145 Å². The van der Waals surface area contributed by atoms with Crippen LogP contribution in [0.4, 0.5) is 0 Å². The van der Waals surface area contributed by atoms with Crippen molar-refractivity contribution >= 4 is 16.8 Å². The third kappa shape index (κ3) is 3.78. The molecule has 3 aromatic rings. The summed E-state index contributed by atoms with van der Waals surface area (Å²) >= 11 is 0. The molecule has 0 saturated carbocycles. The first kappa shape index (κ1) is 16.9. The first-order valence-corrected chi connectivity index (χ1v) is 8.18. The predicted molar refractivity (Wildman–Crippen MR) is 97.8 cm³/mol. The fourth-order valence-electron chi connectivity index (χ4n) is 2.89. The van der Waals surface area contributed by atoms with Crippen LogP contribution in [-0.2, 0) is 6.42 Å². The zero-order valence-corrected chi connectivity index (χ0v) is 14.0. The van der Waals surface area contributed by atoms with E-state index in [-0.39, 0.29) is 18.0 Å². The normalized spacial score (nSPS) is 12.1. The van der Waals surface area contributed by atoms with Crippen molar-refractivity contribution in [3.8, 4) is 0 Å². The SMILES string of the molecule is Cc1c(C(=O)NCC(O)Cc2ccccc2)c2ccccc2[nH]c1=O. The molecule has 128 valence electrons. The highest BCUT2D eigenvalue weighted by atomic mass is 16.3. The molecule has 1 unspecified atom stereocenters. The van der Waals surface area contributed by atoms with Gasteiger partial charge in [0.1, 0.15) is 0 Å². The molecule has 0 saturated heterocycles. The van der Waals surface area contributed by atoms with Crippen molar-refractivity contribution in [3.05, 3.63) is 81.6 Å². The van der Waals surface area contributed by atoms with E-state index in [1.165, 1.54) is 0 Å². The maximum Gasteiger partial charge on any atom is 0.252 e. The highest BCUT2D eigenvalue weighted by Gasteiger charge is 2.17. The summed E-state index contributed by atoms with van der Waals surface area (Å²) in [5, 5.41) is 13.6. The number of H-pyrrole nitrogens is 1. The topological polar surface area (TPSA) is 82.2 Å². The second kappa shape index (κ2) is 7.32. The quantitative estimate of drug-likeness (QED) is 0.668. The Morgan fingerprint density at radius 2 is 1.80 bits per heavy atom. The molecule has 3 N–H and O–H groups in total. The van der Waals surface area contributed by atoms with Crippen LogP contribution < -0.4 is 10.9 Å². The first-order valence-electron chi connectivity index (χ1n) is 8.18. The van der Waals surface area contributed by atoms with Gasteiger partial charge in [-0.05, 0) is 18.6 Å². The van der Waals surface area contributed by atoms with E-state index in [1.807, 2.05) is 36.4 Å². The summed E-state index contributed by atoms with van der Waals surface area (Å²) in [6.07, 6.45) is -0.240. The van der Waals surface area contributed by atoms with Gasteiger partial charge in [-0.15, -0.1) is 0 Å². The van der Waals surface area contributed by atoms with Gasteiger partial charge in [0, 0.05) is 29.4 Å². The Bertz CT molecular complexity index is 948. The van der Waals surface area contributed by atoms with Crippen molar-refractivity contribution < 1.29 is 9.90 Å². The van der Waals surface area contributed by atoms with Crippen LogP contribution in [0.3, 0.4) is 0 Å². The van der Waals surface area contributed by atoms with Gasteiger partial charge in [0.15, 0.2) is 0 Å². The molecule has 1 amide bonds. The minimum atomic E-state index is -0.695. The van der Waals surface area contributed by atoms with E-state index in [9.17, 15) is 14.7 Å². The van der Waals surface area contributed by atoms with Crippen molar-refractivity contribution in [3.63, 3.8) is 0 Å². The maximum atomic E-state index is 12.6. The van der Waals surface area contributed by atoms with Crippen LogP contribution in [0.25, 0.3) is 10.9 Å². The maximum absolute atomic E-state index is 12.6. The van der Waals surface area contributed by atoms with Crippen molar-refractivity contribution in [2.45, 2.75) is 19.4 Å². The summed E-state index contributed by atoms with van der Waals surface area (Å²) in [7, 11) is 0. The number of nitrogens with one attached hydrogen (secondary N) is 2. The van der Waals surface area contributed by atoms with E-state index >= 15 is 0 Å². The van der Waals surface area contributed by atoms with Crippen LogP contribution in [0.5, 0.6) is 0 Å². The Morgan fingerprint density at radius 3 is 2.56 bits per heavy atom. The number of aliphatic hydroxyl groups is 1. The highest BCUT2D eigenvalue weighted by molar-refractivity contribution is 6.07. The molecule has 1 aromatic heterocycles. The number of aromatic amines is 1. The molecular formula is C20H20N2O3. The number of hydrogen-bond acceptors (Lipinski definition) is 3. The number of hydrogen-bond donors (Lipinski definition) is 3. The van der Waals surface area contributed by atoms with E-state index in [0.717, 1.165) is 5.56 Å². The summed E-state index contributed by atoms with van der Waals surface area (Å²) in [5.74, 6) is -0.355. The second-order valence-corrected chi connectivity index (χ2v) is 6.05. The van der Waals surface area contributed by atoms with E-state index < -0.39 is 6.10 Å². The van der Waals surface area contributed by atoms with Crippen LogP contribution in [0.15, 0.2) is 59.4 Å². The molecule has 25 heavy (non-hydrogen) atoms. The van der Waals surface area contributed by atoms with E-state index in [0.29, 0.717) is 28.5 Å². The molecule has 1 heterocycles. The van der Waals surface area contributed by atoms with Crippen molar-refractivity contribution in [2.75, 3.05) is 6.54 Å². The molecule has 0 aliphatic carbocycles. The van der Waals surface area contributed by atoms with E-state index in [4.69, 9.17) is 0 Å². The predicted octanol–water partition coefficient (Wildman–Crippen LogP) is 2.17. The lowest BCUT2D eigenvalue weighted by molar-refractivity contribution is 0.0917. The van der Waals surface area contributed by atoms with Gasteiger partial charge in [0.2, 0.25) is 0 Å². The number of fused-ring (bicyclic) bond motifs is 1. The molecule has 3 rings (SSSR count). The van der Waals surface area contributed by atoms with Gasteiger partial charge in [0.25, 0.3) is 11.5 Å². The summed E-state index contributed by atoms with van der Waals surface area (Å²) < 4.78 is 0. The molecule has 0 radical (unpaired) electrons. The third-order valence-corrected chi connectivity index (χ3v) is 4.20. The number of carbonyl (C=O) groups is 1. The standard InChI is InChI=1S/C20H20N2O3/c1-13-18(16-9-5-6-10-17(16)22-19(13)24)20(25)21-12-15(23)11-14-7-3-2-4-8-14/h2-10,15,23H,11-12H2,1H3,(H,21,25)(H,22,24). The zero-order valence-electron chi connectivity index (χ0n) is 14.0. The highest BCUT2D eigenvalue weighted by Crippen LogP contribution is 2.17. The van der Waals surface area contributed by atoms with E-state index in [1.54, 1.807) is 25.1 Å². The number of aliphatic hydroxyl groups excluding tert-OH is 1. The summed E-state index contributed by atoms with van der Waals surface area (Å²) in [6, 6.07) is 16.8. The smallest absolute Gasteiger partial charge is 0.252 e. The van der Waals surface area contributed by atoms with Crippen LogP contribution in [0, 0.1) is 6.92 Å². The van der Waals surface area contributed by atoms with Crippen molar-refractivity contribution in [2.24, 2.45) is 0 Å². The Hall–Kier alpha value is -2.92. The van der Waals surface area contributed by atoms with Crippen molar-refractivity contribution in [1.29, 1.82) is 0 Å². The Balaban J connectivity index is 1.76. The number of amides is 1. The minimum Gasteiger partial charge on any atom is -0.391 e. The molecule has 5 heteroatoms. The van der Waals surface area contributed by atoms with Crippen LogP contribution >= 0.6 is 0 Å². The molecule has 0 aliphatic heterocycles. The van der Waals surface area contributed by atoms with Crippen molar-refractivity contribution in [1.82, 2.24) is 10.3 Å². The van der Waals surface area contributed by atoms with Crippen LogP contribution in [0.1, 0.15) is 21.5 Å². The molecule has 0 aliphatic rings. The van der Waals surface area contributed by atoms with Gasteiger partial charge in [-0.3, -0.25) is 9.59 Å². The monoisotopic (exact) mass is 336 g/mol. The largest absolute Gasteiger partial charge is 0.391 e. The molecular weight excluding hydrogens is 316 g/mol. The van der Waals surface area contributed by atoms with Gasteiger partial charge in [-0.2, -0.15) is 0 Å². The Kier molecular flexibility index (Phi) is 4.95. The Morgan fingerprint density at radius 1 is 1.12 bits per heavy atom. The molecule has 5 nitrogen and oxygen atoms in total. The molecule has 0 fully saturated rings. The lowest BCUT2D eigenvalue weighted by Gasteiger charge is -2.14. The molecule has 2 aromatic carbocycles. The third-order valence-electron chi connectivity index (χ3n) is 4.20. The van der Waals surface area contributed by atoms with Crippen LogP contribution in [-0.4, -0.2) is 28.6 Å². The lowest BCUT2D eigenvalue weighted by atomic mass is 10.0. The molecule has 0 bridgehead atoms. The number of aromatic nitrogens is 1. The van der Waals surface area contributed by atoms with Gasteiger partial charge >= 0.3 is 0 Å². The van der Waals surface area contributed by atoms with Crippen LogP contribution in [0.2, 0.25) is 0 Å². The summed E-state index contributed by atoms with van der Waals surface area (Å²) in [6.45, 7) is 1.74. The minimum absolute atomic E-state index is 0.119. The second-order valence-electron chi connectivity index (χ2n) is 6.05. The lowest BCUT2D eigenvalue weighted by Crippen LogP contribution is -2.34. The van der Waals surface area contributed by atoms with Gasteiger partial charge in [-0.1, -0.05) is 48.5 Å². The average Bonchev–Trinajstić information content (AvgIpc) is 2.62. The fraction of sp³-hybridized carbons (Fsp3) is 0.200. The average molecular weight is 336 g/mol. The zero-order chi connectivity index (χ0) is 17.8. The van der Waals surface area contributed by atoms with Gasteiger partial charge in [0.05, 0.1) is 11.7 Å². The van der Waals surface area contributed by atoms with Gasteiger partial charge in [-0.25, -0.2) is 0 Å². The van der Waals surface area contributed by atoms with Gasteiger partial charge < -0.3 is 15.4 Å². The molecule has 0 spiro atoms. The summed E-state index contributed by atoms with van der Waals surface area (Å²) in [5.41, 5.74) is 2.06. The van der Waals surface area contributed by atoms with E-state index in [2.05, 4.69) is 10.3 Å². The number of para-hydroxylation sites is 1. The number of rotatable bonds is 5.